The van der Waals surface area contributed by atoms with Gasteiger partial charge in [0.2, 0.25) is 0 Å². The zero-order valence-electron chi connectivity index (χ0n) is 11.7. The largest absolute Gasteiger partial charge is 0.469 e. The number of rotatable bonds is 2. The number of ether oxygens (including phenoxy) is 2. The van der Waals surface area contributed by atoms with E-state index in [-0.39, 0.29) is 24.5 Å². The molecule has 0 spiro atoms. The summed E-state index contributed by atoms with van der Waals surface area (Å²) in [7, 11) is 1.36. The van der Waals surface area contributed by atoms with E-state index >= 15 is 0 Å². The Morgan fingerprint density at radius 1 is 1.28 bits per heavy atom. The number of methoxy groups -OCH3 is 1. The number of carbonyl (C=O) groups excluding carboxylic acids is 2. The van der Waals surface area contributed by atoms with E-state index in [4.69, 9.17) is 4.74 Å². The zero-order chi connectivity index (χ0) is 13.8. The van der Waals surface area contributed by atoms with Crippen molar-refractivity contribution in [3.8, 4) is 0 Å². The number of esters is 1. The van der Waals surface area contributed by atoms with E-state index in [1.165, 1.54) is 7.11 Å². The topological polar surface area (TPSA) is 55.8 Å². The first-order chi connectivity index (χ1) is 8.33. The van der Waals surface area contributed by atoms with Crippen LogP contribution in [-0.4, -0.2) is 42.3 Å². The fraction of sp³-hybridized carbons (Fsp3) is 0.846. The van der Waals surface area contributed by atoms with Crippen molar-refractivity contribution in [2.45, 2.75) is 58.1 Å². The minimum atomic E-state index is -0.510. The number of piperidine rings is 1. The molecule has 1 heterocycles. The first-order valence-corrected chi connectivity index (χ1v) is 6.40. The molecule has 1 rings (SSSR count). The number of carbonyl (C=O) groups is 2. The zero-order valence-corrected chi connectivity index (χ0v) is 11.7. The molecular weight excluding hydrogens is 234 g/mol. The van der Waals surface area contributed by atoms with E-state index in [0.717, 1.165) is 19.3 Å². The third-order valence-electron chi connectivity index (χ3n) is 2.89. The van der Waals surface area contributed by atoms with E-state index in [1.54, 1.807) is 4.90 Å². The summed E-state index contributed by atoms with van der Waals surface area (Å²) < 4.78 is 10.0. The van der Waals surface area contributed by atoms with Crippen LogP contribution in [0.1, 0.15) is 46.5 Å². The van der Waals surface area contributed by atoms with Crippen molar-refractivity contribution in [3.63, 3.8) is 0 Å². The monoisotopic (exact) mass is 257 g/mol. The maximum Gasteiger partial charge on any atom is 0.410 e. The van der Waals surface area contributed by atoms with Crippen LogP contribution in [-0.2, 0) is 14.3 Å². The number of likely N-dealkylation sites (tertiary alicyclic amines) is 1. The molecule has 1 atom stereocenters. The van der Waals surface area contributed by atoms with E-state index < -0.39 is 5.60 Å². The molecule has 1 aliphatic rings. The normalized spacial score (nSPS) is 20.4. The second-order valence-electron chi connectivity index (χ2n) is 5.60. The van der Waals surface area contributed by atoms with Gasteiger partial charge in [-0.1, -0.05) is 0 Å². The van der Waals surface area contributed by atoms with Crippen molar-refractivity contribution < 1.29 is 19.1 Å². The molecule has 1 saturated heterocycles. The Kier molecular flexibility index (Phi) is 4.99. The Morgan fingerprint density at radius 2 is 1.94 bits per heavy atom. The third-order valence-corrected chi connectivity index (χ3v) is 2.89. The van der Waals surface area contributed by atoms with E-state index in [9.17, 15) is 9.59 Å². The average molecular weight is 257 g/mol. The van der Waals surface area contributed by atoms with Crippen LogP contribution >= 0.6 is 0 Å². The quantitative estimate of drug-likeness (QED) is 0.712. The van der Waals surface area contributed by atoms with Gasteiger partial charge in [0, 0.05) is 12.6 Å². The molecule has 104 valence electrons. The lowest BCUT2D eigenvalue weighted by Crippen LogP contribution is -2.47. The van der Waals surface area contributed by atoms with Crippen molar-refractivity contribution in [2.75, 3.05) is 13.7 Å². The summed E-state index contributed by atoms with van der Waals surface area (Å²) in [6.07, 6.45) is 2.72. The smallest absolute Gasteiger partial charge is 0.410 e. The van der Waals surface area contributed by atoms with E-state index in [2.05, 4.69) is 4.74 Å². The molecular formula is C13H23NO4. The minimum Gasteiger partial charge on any atom is -0.469 e. The third kappa shape index (κ3) is 4.55. The number of amides is 1. The van der Waals surface area contributed by atoms with E-state index in [0.29, 0.717) is 6.54 Å². The Labute approximate surface area is 108 Å². The van der Waals surface area contributed by atoms with Crippen LogP contribution in [0.3, 0.4) is 0 Å². The second kappa shape index (κ2) is 6.07. The highest BCUT2D eigenvalue weighted by Gasteiger charge is 2.31. The van der Waals surface area contributed by atoms with E-state index in [1.807, 2.05) is 20.8 Å². The van der Waals surface area contributed by atoms with Crippen molar-refractivity contribution in [2.24, 2.45) is 0 Å². The predicted octanol–water partition coefficient (Wildman–Crippen LogP) is 2.34. The lowest BCUT2D eigenvalue weighted by Gasteiger charge is -2.36. The Morgan fingerprint density at radius 3 is 2.50 bits per heavy atom. The highest BCUT2D eigenvalue weighted by molar-refractivity contribution is 5.73. The van der Waals surface area contributed by atoms with Gasteiger partial charge >= 0.3 is 12.1 Å². The molecule has 1 amide bonds. The minimum absolute atomic E-state index is 0.0963. The molecule has 0 aromatic rings. The Hall–Kier alpha value is -1.26. The van der Waals surface area contributed by atoms with Crippen LogP contribution in [0.4, 0.5) is 4.79 Å². The van der Waals surface area contributed by atoms with Crippen LogP contribution in [0, 0.1) is 0 Å². The van der Waals surface area contributed by atoms with Crippen molar-refractivity contribution in [1.29, 1.82) is 0 Å². The molecule has 18 heavy (non-hydrogen) atoms. The molecule has 0 aliphatic carbocycles. The first-order valence-electron chi connectivity index (χ1n) is 6.40. The first kappa shape index (κ1) is 14.8. The van der Waals surface area contributed by atoms with Gasteiger partial charge in [-0.15, -0.1) is 0 Å². The fourth-order valence-corrected chi connectivity index (χ4v) is 2.05. The summed E-state index contributed by atoms with van der Waals surface area (Å²) >= 11 is 0. The molecule has 0 saturated carbocycles. The van der Waals surface area contributed by atoms with Crippen LogP contribution in [0.15, 0.2) is 0 Å². The SMILES string of the molecule is COC(=O)CC1CCCCN1C(=O)OC(C)(C)C. The molecule has 5 nitrogen and oxygen atoms in total. The van der Waals surface area contributed by atoms with Gasteiger partial charge in [0.15, 0.2) is 0 Å². The predicted molar refractivity (Wildman–Crippen MR) is 67.2 cm³/mol. The van der Waals surface area contributed by atoms with Crippen LogP contribution in [0.2, 0.25) is 0 Å². The van der Waals surface area contributed by atoms with Crippen molar-refractivity contribution >= 4 is 12.1 Å². The highest BCUT2D eigenvalue weighted by atomic mass is 16.6. The summed E-state index contributed by atoms with van der Waals surface area (Å²) in [5.41, 5.74) is -0.510. The summed E-state index contributed by atoms with van der Waals surface area (Å²) in [5.74, 6) is -0.282. The molecule has 1 unspecified atom stereocenters. The number of hydrogen-bond acceptors (Lipinski definition) is 4. The molecule has 0 N–H and O–H groups in total. The van der Waals surface area contributed by atoms with Gasteiger partial charge in [0.25, 0.3) is 0 Å². The molecule has 0 aromatic heterocycles. The average Bonchev–Trinajstić information content (AvgIpc) is 2.27. The molecule has 1 fully saturated rings. The molecule has 0 bridgehead atoms. The second-order valence-corrected chi connectivity index (χ2v) is 5.60. The number of hydrogen-bond donors (Lipinski definition) is 0. The fourth-order valence-electron chi connectivity index (χ4n) is 2.05. The van der Waals surface area contributed by atoms with Gasteiger partial charge in [0.1, 0.15) is 5.60 Å². The van der Waals surface area contributed by atoms with Crippen LogP contribution in [0.25, 0.3) is 0 Å². The molecule has 1 aliphatic heterocycles. The summed E-state index contributed by atoms with van der Waals surface area (Å²) in [4.78, 5) is 25.0. The lowest BCUT2D eigenvalue weighted by atomic mass is 10.00. The summed E-state index contributed by atoms with van der Waals surface area (Å²) in [5, 5.41) is 0. The maximum absolute atomic E-state index is 12.0. The standard InChI is InChI=1S/C13H23NO4/c1-13(2,3)18-12(16)14-8-6-5-7-10(14)9-11(15)17-4/h10H,5-9H2,1-4H3. The van der Waals surface area contributed by atoms with Gasteiger partial charge in [-0.05, 0) is 40.0 Å². The summed E-state index contributed by atoms with van der Waals surface area (Å²) in [6, 6.07) is -0.0963. The van der Waals surface area contributed by atoms with Crippen molar-refractivity contribution in [1.82, 2.24) is 4.90 Å². The van der Waals surface area contributed by atoms with Gasteiger partial charge in [-0.2, -0.15) is 0 Å². The van der Waals surface area contributed by atoms with Gasteiger partial charge < -0.3 is 14.4 Å². The van der Waals surface area contributed by atoms with Crippen molar-refractivity contribution in [3.05, 3.63) is 0 Å². The van der Waals surface area contributed by atoms with Crippen LogP contribution in [0.5, 0.6) is 0 Å². The van der Waals surface area contributed by atoms with Gasteiger partial charge in [-0.3, -0.25) is 4.79 Å². The number of nitrogens with zero attached hydrogens (tertiary/aromatic N) is 1. The van der Waals surface area contributed by atoms with Gasteiger partial charge in [0.05, 0.1) is 13.5 Å². The molecule has 0 radical (unpaired) electrons. The maximum atomic E-state index is 12.0. The van der Waals surface area contributed by atoms with Gasteiger partial charge in [-0.25, -0.2) is 4.79 Å². The highest BCUT2D eigenvalue weighted by Crippen LogP contribution is 2.22. The summed E-state index contributed by atoms with van der Waals surface area (Å²) in [6.45, 7) is 6.16. The Balaban J connectivity index is 2.64. The molecule has 0 aromatic carbocycles. The Bertz CT molecular complexity index is 309. The molecule has 5 heteroatoms. The van der Waals surface area contributed by atoms with Crippen LogP contribution < -0.4 is 0 Å². The lowest BCUT2D eigenvalue weighted by molar-refractivity contribution is -0.142.